The second kappa shape index (κ2) is 7.89. The molecule has 1 rings (SSSR count). The van der Waals surface area contributed by atoms with Gasteiger partial charge in [-0.1, -0.05) is 50.6 Å². The number of carbonyl (C=O) groups is 1. The average molecular weight is 243 g/mol. The molecule has 1 fully saturated rings. The van der Waals surface area contributed by atoms with Crippen LogP contribution in [0, 0.1) is 0 Å². The first-order chi connectivity index (χ1) is 7.75. The van der Waals surface area contributed by atoms with Gasteiger partial charge in [-0.25, -0.2) is 0 Å². The van der Waals surface area contributed by atoms with Gasteiger partial charge in [0.1, 0.15) is 0 Å². The summed E-state index contributed by atoms with van der Waals surface area (Å²) in [4.78, 5) is 11.4. The third kappa shape index (κ3) is 4.69. The number of allylic oxidation sites excluding steroid dienone is 2. The molecule has 16 heavy (non-hydrogen) atoms. The van der Waals surface area contributed by atoms with Gasteiger partial charge in [-0.2, -0.15) is 0 Å². The molecule has 0 amide bonds. The fraction of sp³-hybridized carbons (Fsp3) is 0.786. The zero-order valence-corrected chi connectivity index (χ0v) is 11.1. The summed E-state index contributed by atoms with van der Waals surface area (Å²) in [5, 5.41) is 0.845. The van der Waals surface area contributed by atoms with Gasteiger partial charge < -0.3 is 0 Å². The number of hydrogen-bond donors (Lipinski definition) is 0. The predicted octanol–water partition coefficient (Wildman–Crippen LogP) is 4.98. The molecule has 0 atom stereocenters. The molecule has 0 radical (unpaired) electrons. The molecule has 0 N–H and O–H groups in total. The number of rotatable bonds is 7. The van der Waals surface area contributed by atoms with Crippen LogP contribution in [0.3, 0.4) is 0 Å². The first-order valence-electron chi connectivity index (χ1n) is 6.66. The lowest BCUT2D eigenvalue weighted by Crippen LogP contribution is -1.94. The van der Waals surface area contributed by atoms with E-state index in [1.807, 2.05) is 0 Å². The van der Waals surface area contributed by atoms with Crippen molar-refractivity contribution in [2.45, 2.75) is 71.1 Å². The molecule has 92 valence electrons. The quantitative estimate of drug-likeness (QED) is 0.454. The standard InChI is InChI=1S/C14H23ClO/c1-2-3-4-5-6-7-10-13(15)12-9-8-11-14(12)16/h2-11H2,1H3. The molecule has 0 unspecified atom stereocenters. The predicted molar refractivity (Wildman–Crippen MR) is 69.7 cm³/mol. The Labute approximate surface area is 104 Å². The van der Waals surface area contributed by atoms with Crippen molar-refractivity contribution in [1.29, 1.82) is 0 Å². The summed E-state index contributed by atoms with van der Waals surface area (Å²) in [5.74, 6) is 0.288. The molecule has 0 aromatic heterocycles. The van der Waals surface area contributed by atoms with Crippen LogP contribution < -0.4 is 0 Å². The molecule has 1 aliphatic carbocycles. The highest BCUT2D eigenvalue weighted by molar-refractivity contribution is 6.32. The minimum Gasteiger partial charge on any atom is -0.295 e. The molecule has 1 nitrogen and oxygen atoms in total. The molecule has 1 aliphatic rings. The highest BCUT2D eigenvalue weighted by Gasteiger charge is 2.19. The minimum atomic E-state index is 0.288. The monoisotopic (exact) mass is 242 g/mol. The largest absolute Gasteiger partial charge is 0.295 e. The van der Waals surface area contributed by atoms with Crippen molar-refractivity contribution in [3.8, 4) is 0 Å². The van der Waals surface area contributed by atoms with E-state index in [1.165, 1.54) is 32.1 Å². The van der Waals surface area contributed by atoms with E-state index in [1.54, 1.807) is 0 Å². The molecular weight excluding hydrogens is 220 g/mol. The van der Waals surface area contributed by atoms with Gasteiger partial charge in [-0.15, -0.1) is 0 Å². The Balaban J connectivity index is 2.15. The smallest absolute Gasteiger partial charge is 0.160 e. The van der Waals surface area contributed by atoms with Crippen molar-refractivity contribution in [3.05, 3.63) is 10.6 Å². The van der Waals surface area contributed by atoms with E-state index in [9.17, 15) is 4.79 Å². The van der Waals surface area contributed by atoms with Crippen molar-refractivity contribution in [2.75, 3.05) is 0 Å². The van der Waals surface area contributed by atoms with Gasteiger partial charge in [0, 0.05) is 17.0 Å². The Kier molecular flexibility index (Phi) is 6.79. The highest BCUT2D eigenvalue weighted by atomic mass is 35.5. The number of halogens is 1. The molecular formula is C14H23ClO. The average Bonchev–Trinajstić information content (AvgIpc) is 2.69. The van der Waals surface area contributed by atoms with E-state index in [0.717, 1.165) is 36.3 Å². The Hall–Kier alpha value is -0.300. The number of hydrogen-bond acceptors (Lipinski definition) is 1. The van der Waals surface area contributed by atoms with Gasteiger partial charge in [-0.3, -0.25) is 4.79 Å². The van der Waals surface area contributed by atoms with E-state index >= 15 is 0 Å². The Morgan fingerprint density at radius 2 is 1.81 bits per heavy atom. The summed E-state index contributed by atoms with van der Waals surface area (Å²) < 4.78 is 0. The van der Waals surface area contributed by atoms with Crippen LogP contribution in [0.4, 0.5) is 0 Å². The number of carbonyl (C=O) groups excluding carboxylic acids is 1. The van der Waals surface area contributed by atoms with Crippen molar-refractivity contribution in [3.63, 3.8) is 0 Å². The molecule has 0 bridgehead atoms. The van der Waals surface area contributed by atoms with Gasteiger partial charge in [0.15, 0.2) is 5.78 Å². The maximum absolute atomic E-state index is 11.4. The fourth-order valence-corrected chi connectivity index (χ4v) is 2.55. The maximum Gasteiger partial charge on any atom is 0.160 e. The molecule has 0 heterocycles. The van der Waals surface area contributed by atoms with Crippen molar-refractivity contribution >= 4 is 17.4 Å². The van der Waals surface area contributed by atoms with Crippen molar-refractivity contribution in [1.82, 2.24) is 0 Å². The molecule has 0 aromatic carbocycles. The Bertz CT molecular complexity index is 255. The lowest BCUT2D eigenvalue weighted by Gasteiger charge is -2.03. The SMILES string of the molecule is CCCCCCCCC(Cl)=C1CCCC1=O. The summed E-state index contributed by atoms with van der Waals surface area (Å²) in [6, 6.07) is 0. The van der Waals surface area contributed by atoms with Crippen LogP contribution in [0.1, 0.15) is 71.1 Å². The zero-order valence-electron chi connectivity index (χ0n) is 10.4. The van der Waals surface area contributed by atoms with Crippen LogP contribution in [0.15, 0.2) is 10.6 Å². The number of Topliss-reactive ketones (excluding diaryl/α,β-unsaturated/α-hetero) is 1. The second-order valence-corrected chi connectivity index (χ2v) is 5.13. The van der Waals surface area contributed by atoms with Crippen LogP contribution in [0.5, 0.6) is 0 Å². The minimum absolute atomic E-state index is 0.288. The van der Waals surface area contributed by atoms with Crippen LogP contribution in [0.2, 0.25) is 0 Å². The lowest BCUT2D eigenvalue weighted by molar-refractivity contribution is -0.114. The Morgan fingerprint density at radius 1 is 1.12 bits per heavy atom. The van der Waals surface area contributed by atoms with E-state index in [4.69, 9.17) is 11.6 Å². The van der Waals surface area contributed by atoms with Gasteiger partial charge in [-0.05, 0) is 25.7 Å². The highest BCUT2D eigenvalue weighted by Crippen LogP contribution is 2.28. The molecule has 0 aromatic rings. The van der Waals surface area contributed by atoms with Crippen LogP contribution in [0.25, 0.3) is 0 Å². The van der Waals surface area contributed by atoms with Crippen molar-refractivity contribution < 1.29 is 4.79 Å². The first kappa shape index (κ1) is 13.8. The number of ketones is 1. The van der Waals surface area contributed by atoms with E-state index in [0.29, 0.717) is 6.42 Å². The molecule has 0 saturated heterocycles. The number of unbranched alkanes of at least 4 members (excludes halogenated alkanes) is 5. The third-order valence-corrected chi connectivity index (χ3v) is 3.66. The van der Waals surface area contributed by atoms with E-state index < -0.39 is 0 Å². The van der Waals surface area contributed by atoms with Gasteiger partial charge in [0.2, 0.25) is 0 Å². The maximum atomic E-state index is 11.4. The van der Waals surface area contributed by atoms with Gasteiger partial charge >= 0.3 is 0 Å². The molecule has 1 saturated carbocycles. The fourth-order valence-electron chi connectivity index (χ4n) is 2.21. The van der Waals surface area contributed by atoms with Crippen molar-refractivity contribution in [2.24, 2.45) is 0 Å². The van der Waals surface area contributed by atoms with Crippen LogP contribution in [-0.2, 0) is 4.79 Å². The summed E-state index contributed by atoms with van der Waals surface area (Å²) in [6.45, 7) is 2.23. The topological polar surface area (TPSA) is 17.1 Å². The first-order valence-corrected chi connectivity index (χ1v) is 7.04. The molecule has 2 heteroatoms. The second-order valence-electron chi connectivity index (χ2n) is 4.68. The van der Waals surface area contributed by atoms with Crippen LogP contribution in [-0.4, -0.2) is 5.78 Å². The Morgan fingerprint density at radius 3 is 2.44 bits per heavy atom. The summed E-state index contributed by atoms with van der Waals surface area (Å²) in [6.07, 6.45) is 11.2. The summed E-state index contributed by atoms with van der Waals surface area (Å²) in [5.41, 5.74) is 0.926. The summed E-state index contributed by atoms with van der Waals surface area (Å²) >= 11 is 6.18. The van der Waals surface area contributed by atoms with Gasteiger partial charge in [0.25, 0.3) is 0 Å². The van der Waals surface area contributed by atoms with Gasteiger partial charge in [0.05, 0.1) is 0 Å². The summed E-state index contributed by atoms with van der Waals surface area (Å²) in [7, 11) is 0. The molecule has 0 spiro atoms. The van der Waals surface area contributed by atoms with E-state index in [2.05, 4.69) is 6.92 Å². The third-order valence-electron chi connectivity index (χ3n) is 3.24. The van der Waals surface area contributed by atoms with E-state index in [-0.39, 0.29) is 5.78 Å². The zero-order chi connectivity index (χ0) is 11.8. The molecule has 0 aliphatic heterocycles. The normalized spacial score (nSPS) is 19.2. The van der Waals surface area contributed by atoms with Crippen LogP contribution >= 0.6 is 11.6 Å². The lowest BCUT2D eigenvalue weighted by atomic mass is 10.1.